The van der Waals surface area contributed by atoms with Gasteiger partial charge in [-0.2, -0.15) is 0 Å². The first-order valence-electron chi connectivity index (χ1n) is 5.62. The molecule has 0 aliphatic rings. The van der Waals surface area contributed by atoms with E-state index in [2.05, 4.69) is 4.72 Å². The topological polar surface area (TPSA) is 66.4 Å². The van der Waals surface area contributed by atoms with Crippen LogP contribution in [-0.2, 0) is 16.6 Å². The van der Waals surface area contributed by atoms with Crippen molar-refractivity contribution in [3.05, 3.63) is 17.0 Å². The number of aliphatic hydroxyl groups is 1. The summed E-state index contributed by atoms with van der Waals surface area (Å²) in [7, 11) is -3.45. The number of sulfonamides is 1. The van der Waals surface area contributed by atoms with Crippen LogP contribution in [0, 0.1) is 5.92 Å². The Hall–Kier alpha value is -0.430. The lowest BCUT2D eigenvalue weighted by Gasteiger charge is -2.19. The van der Waals surface area contributed by atoms with Crippen LogP contribution in [0.2, 0.25) is 0 Å². The fraction of sp³-hybridized carbons (Fsp3) is 0.636. The third-order valence-electron chi connectivity index (χ3n) is 2.90. The molecule has 0 aliphatic heterocycles. The summed E-state index contributed by atoms with van der Waals surface area (Å²) in [5, 5.41) is 8.92. The summed E-state index contributed by atoms with van der Waals surface area (Å²) in [6.07, 6.45) is 0.927. The maximum Gasteiger partial charge on any atom is 0.250 e. The molecule has 6 heteroatoms. The second kappa shape index (κ2) is 5.95. The van der Waals surface area contributed by atoms with Crippen LogP contribution in [-0.4, -0.2) is 19.6 Å². The first-order chi connectivity index (χ1) is 7.90. The molecule has 0 saturated carbocycles. The molecule has 98 valence electrons. The van der Waals surface area contributed by atoms with E-state index in [4.69, 9.17) is 5.11 Å². The summed E-state index contributed by atoms with van der Waals surface area (Å²) in [5.41, 5.74) is 0. The smallest absolute Gasteiger partial charge is 0.250 e. The van der Waals surface area contributed by atoms with Crippen molar-refractivity contribution in [3.8, 4) is 0 Å². The predicted octanol–water partition coefficient (Wildman–Crippen LogP) is 1.95. The number of hydrogen-bond donors (Lipinski definition) is 2. The highest BCUT2D eigenvalue weighted by atomic mass is 32.2. The molecule has 0 spiro atoms. The maximum atomic E-state index is 12.0. The van der Waals surface area contributed by atoms with Gasteiger partial charge in [0.05, 0.1) is 6.61 Å². The molecule has 1 aromatic rings. The standard InChI is InChI=1S/C11H19NO3S2/c1-4-8(2)9(3)12-17(14,15)11-6-5-10(7-13)16-11/h5-6,8-9,12-13H,4,7H2,1-3H3. The van der Waals surface area contributed by atoms with Crippen LogP contribution in [0.25, 0.3) is 0 Å². The van der Waals surface area contributed by atoms with Crippen molar-refractivity contribution in [3.63, 3.8) is 0 Å². The van der Waals surface area contributed by atoms with E-state index in [1.54, 1.807) is 6.07 Å². The molecule has 2 atom stereocenters. The van der Waals surface area contributed by atoms with Crippen LogP contribution in [0.5, 0.6) is 0 Å². The molecule has 1 heterocycles. The third-order valence-corrected chi connectivity index (χ3v) is 6.02. The lowest BCUT2D eigenvalue weighted by molar-refractivity contribution is 0.285. The Morgan fingerprint density at radius 3 is 2.53 bits per heavy atom. The highest BCUT2D eigenvalue weighted by Crippen LogP contribution is 2.22. The minimum atomic E-state index is -3.45. The number of nitrogens with one attached hydrogen (secondary N) is 1. The van der Waals surface area contributed by atoms with Crippen LogP contribution in [0.3, 0.4) is 0 Å². The molecule has 2 N–H and O–H groups in total. The van der Waals surface area contributed by atoms with Gasteiger partial charge < -0.3 is 5.11 Å². The molecule has 0 saturated heterocycles. The van der Waals surface area contributed by atoms with Crippen molar-refractivity contribution in [2.45, 2.75) is 44.0 Å². The van der Waals surface area contributed by atoms with Crippen molar-refractivity contribution in [1.82, 2.24) is 4.72 Å². The molecular formula is C11H19NO3S2. The largest absolute Gasteiger partial charge is 0.391 e. The van der Waals surface area contributed by atoms with E-state index in [0.29, 0.717) is 10.8 Å². The van der Waals surface area contributed by atoms with Gasteiger partial charge in [0.1, 0.15) is 4.21 Å². The van der Waals surface area contributed by atoms with Gasteiger partial charge in [0.2, 0.25) is 10.0 Å². The fourth-order valence-electron chi connectivity index (χ4n) is 1.36. The zero-order chi connectivity index (χ0) is 13.1. The SMILES string of the molecule is CCC(C)C(C)NS(=O)(=O)c1ccc(CO)s1. The van der Waals surface area contributed by atoms with E-state index in [-0.39, 0.29) is 16.9 Å². The first kappa shape index (κ1) is 14.6. The summed E-state index contributed by atoms with van der Waals surface area (Å²) < 4.78 is 26.9. The molecule has 0 amide bonds. The van der Waals surface area contributed by atoms with Crippen LogP contribution in [0.4, 0.5) is 0 Å². The summed E-state index contributed by atoms with van der Waals surface area (Å²) >= 11 is 1.10. The first-order valence-corrected chi connectivity index (χ1v) is 7.92. The van der Waals surface area contributed by atoms with Gasteiger partial charge in [0.15, 0.2) is 0 Å². The molecule has 0 aliphatic carbocycles. The summed E-state index contributed by atoms with van der Waals surface area (Å²) in [6, 6.07) is 3.07. The second-order valence-electron chi connectivity index (χ2n) is 4.17. The van der Waals surface area contributed by atoms with Crippen molar-refractivity contribution in [2.75, 3.05) is 0 Å². The van der Waals surface area contributed by atoms with E-state index in [1.165, 1.54) is 6.07 Å². The summed E-state index contributed by atoms with van der Waals surface area (Å²) in [6.45, 7) is 5.79. The Morgan fingerprint density at radius 1 is 1.41 bits per heavy atom. The van der Waals surface area contributed by atoms with Crippen LogP contribution < -0.4 is 4.72 Å². The zero-order valence-electron chi connectivity index (χ0n) is 10.3. The molecule has 17 heavy (non-hydrogen) atoms. The molecular weight excluding hydrogens is 258 g/mol. The average molecular weight is 277 g/mol. The highest BCUT2D eigenvalue weighted by molar-refractivity contribution is 7.91. The highest BCUT2D eigenvalue weighted by Gasteiger charge is 2.21. The van der Waals surface area contributed by atoms with Gasteiger partial charge in [0.25, 0.3) is 0 Å². The van der Waals surface area contributed by atoms with Gasteiger partial charge in [-0.3, -0.25) is 0 Å². The Kier molecular flexibility index (Phi) is 5.12. The number of rotatable bonds is 6. The van der Waals surface area contributed by atoms with Gasteiger partial charge in [0, 0.05) is 10.9 Å². The monoisotopic (exact) mass is 277 g/mol. The zero-order valence-corrected chi connectivity index (χ0v) is 11.9. The van der Waals surface area contributed by atoms with E-state index in [1.807, 2.05) is 20.8 Å². The van der Waals surface area contributed by atoms with Crippen molar-refractivity contribution < 1.29 is 13.5 Å². The lowest BCUT2D eigenvalue weighted by atomic mass is 10.0. The minimum absolute atomic E-state index is 0.0929. The van der Waals surface area contributed by atoms with Crippen molar-refractivity contribution in [2.24, 2.45) is 5.92 Å². The third kappa shape index (κ3) is 3.77. The average Bonchev–Trinajstić information content (AvgIpc) is 2.76. The van der Waals surface area contributed by atoms with E-state index >= 15 is 0 Å². The van der Waals surface area contributed by atoms with E-state index in [0.717, 1.165) is 17.8 Å². The Balaban J connectivity index is 2.81. The van der Waals surface area contributed by atoms with Crippen LogP contribution in [0.15, 0.2) is 16.3 Å². The lowest BCUT2D eigenvalue weighted by Crippen LogP contribution is -2.36. The Bertz CT molecular complexity index is 453. The van der Waals surface area contributed by atoms with E-state index < -0.39 is 10.0 Å². The van der Waals surface area contributed by atoms with Crippen molar-refractivity contribution in [1.29, 1.82) is 0 Å². The number of thiophene rings is 1. The summed E-state index contributed by atoms with van der Waals surface area (Å²) in [5.74, 6) is 0.294. The molecule has 2 unspecified atom stereocenters. The second-order valence-corrected chi connectivity index (χ2v) is 7.28. The number of aliphatic hydroxyl groups excluding tert-OH is 1. The van der Waals surface area contributed by atoms with Gasteiger partial charge in [-0.25, -0.2) is 13.1 Å². The molecule has 0 fully saturated rings. The minimum Gasteiger partial charge on any atom is -0.391 e. The Labute approximate surface area is 107 Å². The quantitative estimate of drug-likeness (QED) is 0.835. The molecule has 1 rings (SSSR count). The van der Waals surface area contributed by atoms with Gasteiger partial charge in [-0.15, -0.1) is 11.3 Å². The van der Waals surface area contributed by atoms with Crippen molar-refractivity contribution >= 4 is 21.4 Å². The fourth-order valence-corrected chi connectivity index (χ4v) is 3.94. The molecule has 0 radical (unpaired) electrons. The Morgan fingerprint density at radius 2 is 2.06 bits per heavy atom. The molecule has 4 nitrogen and oxygen atoms in total. The number of hydrogen-bond acceptors (Lipinski definition) is 4. The summed E-state index contributed by atoms with van der Waals surface area (Å²) in [4.78, 5) is 0.654. The van der Waals surface area contributed by atoms with Gasteiger partial charge in [-0.05, 0) is 25.0 Å². The van der Waals surface area contributed by atoms with Crippen LogP contribution in [0.1, 0.15) is 32.1 Å². The predicted molar refractivity (Wildman–Crippen MR) is 69.5 cm³/mol. The molecule has 0 aromatic carbocycles. The molecule has 0 bridgehead atoms. The maximum absolute atomic E-state index is 12.0. The van der Waals surface area contributed by atoms with Gasteiger partial charge in [-0.1, -0.05) is 20.3 Å². The molecule has 1 aromatic heterocycles. The van der Waals surface area contributed by atoms with Crippen LogP contribution >= 0.6 is 11.3 Å². The normalized spacial score (nSPS) is 15.8. The van der Waals surface area contributed by atoms with Gasteiger partial charge >= 0.3 is 0 Å². The van der Waals surface area contributed by atoms with E-state index in [9.17, 15) is 8.42 Å².